The van der Waals surface area contributed by atoms with Gasteiger partial charge in [-0.25, -0.2) is 0 Å². The molecule has 0 amide bonds. The summed E-state index contributed by atoms with van der Waals surface area (Å²) in [6.07, 6.45) is 6.19. The molecule has 2 aliphatic heterocycles. The predicted molar refractivity (Wildman–Crippen MR) is 84.0 cm³/mol. The second-order valence-corrected chi connectivity index (χ2v) is 6.78. The molecule has 3 fully saturated rings. The van der Waals surface area contributed by atoms with Gasteiger partial charge in [0, 0.05) is 24.7 Å². The molecule has 2 atom stereocenters. The number of aromatic nitrogens is 2. The molecule has 0 unspecified atom stereocenters. The Morgan fingerprint density at radius 1 is 1.14 bits per heavy atom. The number of anilines is 3. The summed E-state index contributed by atoms with van der Waals surface area (Å²) in [7, 11) is 0. The normalized spacial score (nSPS) is 28.7. The van der Waals surface area contributed by atoms with E-state index in [9.17, 15) is 0 Å². The van der Waals surface area contributed by atoms with Crippen molar-refractivity contribution in [3.8, 4) is 0 Å². The van der Waals surface area contributed by atoms with Crippen molar-refractivity contribution in [1.29, 1.82) is 0 Å². The van der Waals surface area contributed by atoms with Crippen molar-refractivity contribution < 1.29 is 0 Å². The van der Waals surface area contributed by atoms with Crippen LogP contribution in [0.5, 0.6) is 0 Å². The van der Waals surface area contributed by atoms with Crippen LogP contribution in [0.4, 0.5) is 17.6 Å². The van der Waals surface area contributed by atoms with E-state index in [0.717, 1.165) is 49.3 Å². The average molecular weight is 288 g/mol. The Bertz CT molecular complexity index is 527. The molecular formula is C15H24N6. The van der Waals surface area contributed by atoms with Gasteiger partial charge in [-0.1, -0.05) is 0 Å². The van der Waals surface area contributed by atoms with Crippen LogP contribution in [0.2, 0.25) is 0 Å². The number of hydrogen-bond acceptors (Lipinski definition) is 6. The van der Waals surface area contributed by atoms with E-state index in [1.54, 1.807) is 0 Å². The molecule has 3 heterocycles. The van der Waals surface area contributed by atoms with E-state index in [-0.39, 0.29) is 0 Å². The standard InChI is InChI=1S/C15H24N6/c16-13-11(6-9-3-4-9)14(20-15(17)19-13)21-7-10-2-1-5-18-12(10)8-21/h9-10,12,18H,1-8H2,(H4,16,17,19,20)/t10-,12+/m1/s1. The summed E-state index contributed by atoms with van der Waals surface area (Å²) in [6, 6.07) is 0.588. The van der Waals surface area contributed by atoms with Crippen molar-refractivity contribution in [3.63, 3.8) is 0 Å². The lowest BCUT2D eigenvalue weighted by Gasteiger charge is -2.24. The Labute approximate surface area is 125 Å². The maximum absolute atomic E-state index is 6.14. The highest BCUT2D eigenvalue weighted by Crippen LogP contribution is 2.38. The first-order valence-corrected chi connectivity index (χ1v) is 8.11. The molecule has 1 aromatic heterocycles. The first-order chi connectivity index (χ1) is 10.2. The molecule has 6 heteroatoms. The van der Waals surface area contributed by atoms with Gasteiger partial charge in [0.05, 0.1) is 0 Å². The number of rotatable bonds is 3. The fourth-order valence-electron chi connectivity index (χ4n) is 3.79. The Kier molecular flexibility index (Phi) is 3.14. The zero-order valence-corrected chi connectivity index (χ0v) is 12.4. The molecule has 0 bridgehead atoms. The molecule has 21 heavy (non-hydrogen) atoms. The van der Waals surface area contributed by atoms with Crippen molar-refractivity contribution in [2.75, 3.05) is 36.0 Å². The molecule has 0 aromatic carbocycles. The molecule has 4 rings (SSSR count). The van der Waals surface area contributed by atoms with Gasteiger partial charge in [0.2, 0.25) is 5.95 Å². The number of nitrogens with zero attached hydrogens (tertiary/aromatic N) is 3. The van der Waals surface area contributed by atoms with Gasteiger partial charge in [-0.15, -0.1) is 0 Å². The molecule has 114 valence electrons. The summed E-state index contributed by atoms with van der Waals surface area (Å²) in [6.45, 7) is 3.21. The summed E-state index contributed by atoms with van der Waals surface area (Å²) in [5.41, 5.74) is 13.1. The van der Waals surface area contributed by atoms with Crippen molar-refractivity contribution in [2.24, 2.45) is 11.8 Å². The first-order valence-electron chi connectivity index (χ1n) is 8.11. The molecule has 1 saturated carbocycles. The van der Waals surface area contributed by atoms with Gasteiger partial charge in [-0.05, 0) is 50.5 Å². The minimum atomic E-state index is 0.296. The van der Waals surface area contributed by atoms with Gasteiger partial charge in [0.15, 0.2) is 0 Å². The molecule has 1 aromatic rings. The van der Waals surface area contributed by atoms with Crippen LogP contribution in [0.1, 0.15) is 31.2 Å². The summed E-state index contributed by atoms with van der Waals surface area (Å²) in [5.74, 6) is 3.35. The lowest BCUT2D eigenvalue weighted by Crippen LogP contribution is -2.40. The third kappa shape index (κ3) is 2.52. The van der Waals surface area contributed by atoms with Crippen molar-refractivity contribution >= 4 is 17.6 Å². The highest BCUT2D eigenvalue weighted by Gasteiger charge is 2.36. The highest BCUT2D eigenvalue weighted by molar-refractivity contribution is 5.60. The van der Waals surface area contributed by atoms with Gasteiger partial charge in [-0.3, -0.25) is 0 Å². The average Bonchev–Trinajstić information content (AvgIpc) is 3.17. The van der Waals surface area contributed by atoms with E-state index < -0.39 is 0 Å². The number of nitrogens with two attached hydrogens (primary N) is 2. The van der Waals surface area contributed by atoms with Crippen LogP contribution in [0.15, 0.2) is 0 Å². The third-order valence-corrected chi connectivity index (χ3v) is 5.12. The van der Waals surface area contributed by atoms with Gasteiger partial charge >= 0.3 is 0 Å². The molecular weight excluding hydrogens is 264 g/mol. The van der Waals surface area contributed by atoms with Crippen LogP contribution >= 0.6 is 0 Å². The van der Waals surface area contributed by atoms with Crippen LogP contribution < -0.4 is 21.7 Å². The van der Waals surface area contributed by atoms with Crippen molar-refractivity contribution in [3.05, 3.63) is 5.56 Å². The summed E-state index contributed by atoms with van der Waals surface area (Å²) >= 11 is 0. The van der Waals surface area contributed by atoms with Crippen LogP contribution in [0.3, 0.4) is 0 Å². The molecule has 6 nitrogen and oxygen atoms in total. The number of nitrogens with one attached hydrogen (secondary N) is 1. The molecule has 3 aliphatic rings. The van der Waals surface area contributed by atoms with Gasteiger partial charge in [0.25, 0.3) is 0 Å². The van der Waals surface area contributed by atoms with Crippen LogP contribution in [0, 0.1) is 11.8 Å². The number of hydrogen-bond donors (Lipinski definition) is 3. The smallest absolute Gasteiger partial charge is 0.223 e. The van der Waals surface area contributed by atoms with E-state index in [0.29, 0.717) is 17.8 Å². The quantitative estimate of drug-likeness (QED) is 0.761. The van der Waals surface area contributed by atoms with Crippen LogP contribution in [-0.2, 0) is 6.42 Å². The van der Waals surface area contributed by atoms with E-state index in [2.05, 4.69) is 20.2 Å². The number of nitrogen functional groups attached to an aromatic ring is 2. The third-order valence-electron chi connectivity index (χ3n) is 5.12. The lowest BCUT2D eigenvalue weighted by atomic mass is 9.94. The molecule has 0 radical (unpaired) electrons. The summed E-state index contributed by atoms with van der Waals surface area (Å²) in [4.78, 5) is 11.1. The Morgan fingerprint density at radius 3 is 2.76 bits per heavy atom. The monoisotopic (exact) mass is 288 g/mol. The second kappa shape index (κ2) is 5.02. The number of fused-ring (bicyclic) bond motifs is 1. The minimum Gasteiger partial charge on any atom is -0.383 e. The maximum Gasteiger partial charge on any atom is 0.223 e. The predicted octanol–water partition coefficient (Wildman–Crippen LogP) is 0.782. The maximum atomic E-state index is 6.14. The largest absolute Gasteiger partial charge is 0.383 e. The molecule has 1 aliphatic carbocycles. The van der Waals surface area contributed by atoms with Crippen molar-refractivity contribution in [2.45, 2.75) is 38.1 Å². The Morgan fingerprint density at radius 2 is 2.00 bits per heavy atom. The fraction of sp³-hybridized carbons (Fsp3) is 0.733. The highest BCUT2D eigenvalue weighted by atomic mass is 15.3. The summed E-state index contributed by atoms with van der Waals surface area (Å²) in [5, 5.41) is 3.64. The zero-order valence-electron chi connectivity index (χ0n) is 12.4. The Hall–Kier alpha value is -1.56. The SMILES string of the molecule is Nc1nc(N)c(CC2CC2)c(N2C[C@H]3CCCN[C@H]3C2)n1. The summed E-state index contributed by atoms with van der Waals surface area (Å²) < 4.78 is 0. The van der Waals surface area contributed by atoms with Crippen LogP contribution in [-0.4, -0.2) is 35.6 Å². The Balaban J connectivity index is 1.63. The van der Waals surface area contributed by atoms with Gasteiger partial charge < -0.3 is 21.7 Å². The van der Waals surface area contributed by atoms with Gasteiger partial charge in [-0.2, -0.15) is 9.97 Å². The van der Waals surface area contributed by atoms with Crippen molar-refractivity contribution in [1.82, 2.24) is 15.3 Å². The van der Waals surface area contributed by atoms with E-state index in [4.69, 9.17) is 11.5 Å². The minimum absolute atomic E-state index is 0.296. The fourth-order valence-corrected chi connectivity index (χ4v) is 3.79. The topological polar surface area (TPSA) is 93.1 Å². The van der Waals surface area contributed by atoms with E-state index >= 15 is 0 Å². The van der Waals surface area contributed by atoms with Crippen LogP contribution in [0.25, 0.3) is 0 Å². The van der Waals surface area contributed by atoms with E-state index in [1.165, 1.54) is 25.7 Å². The first kappa shape index (κ1) is 13.1. The van der Waals surface area contributed by atoms with E-state index in [1.807, 2.05) is 0 Å². The molecule has 2 saturated heterocycles. The zero-order chi connectivity index (χ0) is 14.4. The molecule has 0 spiro atoms. The second-order valence-electron chi connectivity index (χ2n) is 6.78. The molecule has 5 N–H and O–H groups in total. The number of piperidine rings is 1. The van der Waals surface area contributed by atoms with Gasteiger partial charge in [0.1, 0.15) is 11.6 Å². The lowest BCUT2D eigenvalue weighted by molar-refractivity contribution is 0.340.